The molecule has 1 rings (SSSR count). The molecule has 1 saturated carbocycles. The summed E-state index contributed by atoms with van der Waals surface area (Å²) in [7, 11) is 0. The van der Waals surface area contributed by atoms with Crippen LogP contribution < -0.4 is 16.8 Å². The molecule has 1 aliphatic carbocycles. The minimum atomic E-state index is -0.646. The van der Waals surface area contributed by atoms with E-state index in [-0.39, 0.29) is 11.8 Å². The Morgan fingerprint density at radius 3 is 2.43 bits per heavy atom. The standard InChI is InChI=1S/C9H17N3O2/c10-7(13)3-1-6-12-8(14)9(11)4-2-5-9/h1-6,11H2,(H2,10,13)(H,12,14). The van der Waals surface area contributed by atoms with Crippen LogP contribution in [0, 0.1) is 0 Å². The summed E-state index contributed by atoms with van der Waals surface area (Å²) in [5.74, 6) is -0.446. The van der Waals surface area contributed by atoms with Crippen molar-refractivity contribution in [1.29, 1.82) is 0 Å². The normalized spacial score (nSPS) is 18.4. The zero-order valence-corrected chi connectivity index (χ0v) is 8.21. The molecule has 0 aromatic heterocycles. The van der Waals surface area contributed by atoms with Gasteiger partial charge in [0.15, 0.2) is 0 Å². The van der Waals surface area contributed by atoms with Crippen molar-refractivity contribution < 1.29 is 9.59 Å². The Kier molecular flexibility index (Phi) is 3.46. The zero-order chi connectivity index (χ0) is 10.6. The van der Waals surface area contributed by atoms with Crippen LogP contribution in [0.3, 0.4) is 0 Å². The minimum absolute atomic E-state index is 0.103. The van der Waals surface area contributed by atoms with Crippen LogP contribution in [0.2, 0.25) is 0 Å². The van der Waals surface area contributed by atoms with Gasteiger partial charge < -0.3 is 16.8 Å². The zero-order valence-electron chi connectivity index (χ0n) is 8.21. The Balaban J connectivity index is 2.12. The number of amides is 2. The molecule has 1 fully saturated rings. The SMILES string of the molecule is NC(=O)CCCNC(=O)C1(N)CCC1. The lowest BCUT2D eigenvalue weighted by molar-refractivity contribution is -0.129. The Bertz CT molecular complexity index is 236. The second kappa shape index (κ2) is 4.41. The molecule has 0 aromatic rings. The lowest BCUT2D eigenvalue weighted by Crippen LogP contribution is -2.58. The summed E-state index contributed by atoms with van der Waals surface area (Å²) in [4.78, 5) is 21.8. The van der Waals surface area contributed by atoms with Gasteiger partial charge in [0.2, 0.25) is 11.8 Å². The van der Waals surface area contributed by atoms with Crippen molar-refractivity contribution >= 4 is 11.8 Å². The molecule has 0 bridgehead atoms. The van der Waals surface area contributed by atoms with Crippen molar-refractivity contribution in [3.05, 3.63) is 0 Å². The molecule has 0 heterocycles. The molecule has 2 amide bonds. The predicted octanol–water partition coefficient (Wildman–Crippen LogP) is -0.750. The van der Waals surface area contributed by atoms with E-state index in [4.69, 9.17) is 11.5 Å². The molecule has 5 N–H and O–H groups in total. The average Bonchev–Trinajstić information content (AvgIpc) is 2.07. The lowest BCUT2D eigenvalue weighted by Gasteiger charge is -2.36. The maximum atomic E-state index is 11.4. The van der Waals surface area contributed by atoms with Crippen LogP contribution in [0.1, 0.15) is 32.1 Å². The molecule has 0 spiro atoms. The van der Waals surface area contributed by atoms with E-state index in [1.165, 1.54) is 0 Å². The van der Waals surface area contributed by atoms with Crippen LogP contribution >= 0.6 is 0 Å². The van der Waals surface area contributed by atoms with Crippen molar-refractivity contribution in [3.63, 3.8) is 0 Å². The van der Waals surface area contributed by atoms with Crippen LogP contribution in [0.4, 0.5) is 0 Å². The summed E-state index contributed by atoms with van der Waals surface area (Å²) in [6.07, 6.45) is 3.42. The molecule has 0 aromatic carbocycles. The third-order valence-electron chi connectivity index (χ3n) is 2.58. The van der Waals surface area contributed by atoms with Crippen molar-refractivity contribution in [2.24, 2.45) is 11.5 Å². The molecule has 0 aliphatic heterocycles. The molecule has 0 atom stereocenters. The first-order chi connectivity index (χ1) is 6.54. The summed E-state index contributed by atoms with van der Waals surface area (Å²) < 4.78 is 0. The van der Waals surface area contributed by atoms with Gasteiger partial charge in [-0.05, 0) is 25.7 Å². The summed E-state index contributed by atoms with van der Waals surface area (Å²) in [5.41, 5.74) is 10.1. The molecule has 80 valence electrons. The molecular weight excluding hydrogens is 182 g/mol. The van der Waals surface area contributed by atoms with Crippen molar-refractivity contribution in [1.82, 2.24) is 5.32 Å². The first-order valence-electron chi connectivity index (χ1n) is 4.90. The minimum Gasteiger partial charge on any atom is -0.370 e. The first kappa shape index (κ1) is 11.0. The highest BCUT2D eigenvalue weighted by Crippen LogP contribution is 2.28. The maximum absolute atomic E-state index is 11.4. The van der Waals surface area contributed by atoms with Gasteiger partial charge in [0.25, 0.3) is 0 Å². The van der Waals surface area contributed by atoms with Gasteiger partial charge in [0.05, 0.1) is 5.54 Å². The number of carbonyl (C=O) groups excluding carboxylic acids is 2. The fraction of sp³-hybridized carbons (Fsp3) is 0.778. The van der Waals surface area contributed by atoms with E-state index in [2.05, 4.69) is 5.32 Å². The molecule has 0 radical (unpaired) electrons. The van der Waals surface area contributed by atoms with E-state index >= 15 is 0 Å². The molecule has 1 aliphatic rings. The maximum Gasteiger partial charge on any atom is 0.240 e. The smallest absolute Gasteiger partial charge is 0.240 e. The van der Waals surface area contributed by atoms with E-state index in [1.54, 1.807) is 0 Å². The van der Waals surface area contributed by atoms with Gasteiger partial charge >= 0.3 is 0 Å². The van der Waals surface area contributed by atoms with Gasteiger partial charge in [-0.15, -0.1) is 0 Å². The van der Waals surface area contributed by atoms with E-state index in [1.807, 2.05) is 0 Å². The van der Waals surface area contributed by atoms with Gasteiger partial charge in [-0.3, -0.25) is 9.59 Å². The Hall–Kier alpha value is -1.10. The number of hydrogen-bond acceptors (Lipinski definition) is 3. The van der Waals surface area contributed by atoms with Crippen LogP contribution in [-0.4, -0.2) is 23.9 Å². The van der Waals surface area contributed by atoms with Gasteiger partial charge in [0, 0.05) is 13.0 Å². The largest absolute Gasteiger partial charge is 0.370 e. The number of carbonyl (C=O) groups is 2. The van der Waals surface area contributed by atoms with Crippen LogP contribution in [0.15, 0.2) is 0 Å². The third-order valence-corrected chi connectivity index (χ3v) is 2.58. The van der Waals surface area contributed by atoms with E-state index in [0.29, 0.717) is 19.4 Å². The van der Waals surface area contributed by atoms with Gasteiger partial charge in [-0.1, -0.05) is 0 Å². The summed E-state index contributed by atoms with van der Waals surface area (Å²) in [5, 5.41) is 2.71. The van der Waals surface area contributed by atoms with Gasteiger partial charge in [-0.2, -0.15) is 0 Å². The Morgan fingerprint density at radius 2 is 2.00 bits per heavy atom. The fourth-order valence-electron chi connectivity index (χ4n) is 1.43. The van der Waals surface area contributed by atoms with Gasteiger partial charge in [-0.25, -0.2) is 0 Å². The monoisotopic (exact) mass is 199 g/mol. The molecule has 5 nitrogen and oxygen atoms in total. The van der Waals surface area contributed by atoms with E-state index in [0.717, 1.165) is 19.3 Å². The third kappa shape index (κ3) is 2.70. The number of primary amides is 1. The molecule has 0 unspecified atom stereocenters. The molecule has 0 saturated heterocycles. The summed E-state index contributed by atoms with van der Waals surface area (Å²) in [6, 6.07) is 0. The predicted molar refractivity (Wildman–Crippen MR) is 52.2 cm³/mol. The van der Waals surface area contributed by atoms with Crippen molar-refractivity contribution in [3.8, 4) is 0 Å². The van der Waals surface area contributed by atoms with E-state index < -0.39 is 5.54 Å². The first-order valence-corrected chi connectivity index (χ1v) is 4.90. The van der Waals surface area contributed by atoms with E-state index in [9.17, 15) is 9.59 Å². The van der Waals surface area contributed by atoms with Crippen molar-refractivity contribution in [2.45, 2.75) is 37.6 Å². The quantitative estimate of drug-likeness (QED) is 0.508. The Labute approximate surface area is 83.2 Å². The average molecular weight is 199 g/mol. The van der Waals surface area contributed by atoms with Crippen LogP contribution in [-0.2, 0) is 9.59 Å². The second-order valence-corrected chi connectivity index (χ2v) is 3.84. The number of nitrogens with two attached hydrogens (primary N) is 2. The number of hydrogen-bond donors (Lipinski definition) is 3. The second-order valence-electron chi connectivity index (χ2n) is 3.84. The summed E-state index contributed by atoms with van der Waals surface area (Å²) in [6.45, 7) is 0.473. The highest BCUT2D eigenvalue weighted by Gasteiger charge is 2.39. The van der Waals surface area contributed by atoms with Gasteiger partial charge in [0.1, 0.15) is 0 Å². The fourth-order valence-corrected chi connectivity index (χ4v) is 1.43. The number of rotatable bonds is 5. The lowest BCUT2D eigenvalue weighted by atomic mass is 9.77. The van der Waals surface area contributed by atoms with Crippen LogP contribution in [0.5, 0.6) is 0 Å². The topological polar surface area (TPSA) is 98.2 Å². The molecule has 14 heavy (non-hydrogen) atoms. The highest BCUT2D eigenvalue weighted by molar-refractivity contribution is 5.87. The highest BCUT2D eigenvalue weighted by atomic mass is 16.2. The Morgan fingerprint density at radius 1 is 1.36 bits per heavy atom. The van der Waals surface area contributed by atoms with Crippen LogP contribution in [0.25, 0.3) is 0 Å². The van der Waals surface area contributed by atoms with Crippen molar-refractivity contribution in [2.75, 3.05) is 6.54 Å². The summed E-state index contributed by atoms with van der Waals surface area (Å²) >= 11 is 0. The number of nitrogens with one attached hydrogen (secondary N) is 1. The molecular formula is C9H17N3O2. The molecule has 5 heteroatoms.